The Bertz CT molecular complexity index is 343. The smallest absolute Gasteiger partial charge is 0.206 e. The molecule has 0 aliphatic carbocycles. The number of nitrogens with zero attached hydrogens (tertiary/aromatic N) is 3. The van der Waals surface area contributed by atoms with Crippen molar-refractivity contribution < 1.29 is 0 Å². The highest BCUT2D eigenvalue weighted by atomic mass is 32.2. The molecule has 0 unspecified atom stereocenters. The maximum absolute atomic E-state index is 8.39. The van der Waals surface area contributed by atoms with Gasteiger partial charge >= 0.3 is 0 Å². The Morgan fingerprint density at radius 1 is 1.50 bits per heavy atom. The fourth-order valence-electron chi connectivity index (χ4n) is 0.942. The topological polar surface area (TPSA) is 61.6 Å². The molecule has 0 aliphatic rings. The zero-order valence-corrected chi connectivity index (χ0v) is 11.2. The summed E-state index contributed by atoms with van der Waals surface area (Å²) in [6, 6.07) is 2.13. The van der Waals surface area contributed by atoms with Crippen molar-refractivity contribution in [2.75, 3.05) is 17.6 Å². The lowest BCUT2D eigenvalue weighted by Crippen LogP contribution is -2.07. The van der Waals surface area contributed by atoms with E-state index in [1.54, 1.807) is 23.1 Å². The van der Waals surface area contributed by atoms with Crippen molar-refractivity contribution in [3.8, 4) is 6.07 Å². The molecule has 4 nitrogen and oxygen atoms in total. The number of aromatic nitrogens is 2. The van der Waals surface area contributed by atoms with Crippen LogP contribution in [0, 0.1) is 17.2 Å². The van der Waals surface area contributed by atoms with E-state index < -0.39 is 0 Å². The molecule has 1 rings (SSSR count). The van der Waals surface area contributed by atoms with Crippen LogP contribution in [0.4, 0.5) is 5.13 Å². The Kier molecular flexibility index (Phi) is 6.19. The Morgan fingerprint density at radius 3 is 3.00 bits per heavy atom. The normalized spacial score (nSPS) is 10.4. The largest absolute Gasteiger partial charge is 0.360 e. The molecule has 0 aliphatic heterocycles. The zero-order valence-electron chi connectivity index (χ0n) is 9.56. The van der Waals surface area contributed by atoms with E-state index >= 15 is 0 Å². The summed E-state index contributed by atoms with van der Waals surface area (Å²) in [5.74, 6) is 1.54. The van der Waals surface area contributed by atoms with Gasteiger partial charge in [-0.15, -0.1) is 10.2 Å². The molecule has 0 amide bonds. The van der Waals surface area contributed by atoms with Crippen LogP contribution in [-0.2, 0) is 0 Å². The van der Waals surface area contributed by atoms with Crippen LogP contribution < -0.4 is 5.32 Å². The molecule has 0 saturated carbocycles. The number of nitriles is 1. The molecule has 0 spiro atoms. The molecular weight excluding hydrogens is 240 g/mol. The van der Waals surface area contributed by atoms with E-state index in [-0.39, 0.29) is 0 Å². The van der Waals surface area contributed by atoms with Gasteiger partial charge in [-0.05, 0) is 12.3 Å². The molecule has 0 saturated heterocycles. The van der Waals surface area contributed by atoms with E-state index in [4.69, 9.17) is 5.26 Å². The van der Waals surface area contributed by atoms with Crippen LogP contribution in [0.2, 0.25) is 0 Å². The minimum absolute atomic E-state index is 0.607. The summed E-state index contributed by atoms with van der Waals surface area (Å²) in [6.45, 7) is 5.24. The van der Waals surface area contributed by atoms with Gasteiger partial charge in [-0.3, -0.25) is 0 Å². The summed E-state index contributed by atoms with van der Waals surface area (Å²) in [4.78, 5) is 0. The van der Waals surface area contributed by atoms with E-state index in [9.17, 15) is 0 Å². The molecule has 1 heterocycles. The van der Waals surface area contributed by atoms with Gasteiger partial charge in [0.1, 0.15) is 0 Å². The quantitative estimate of drug-likeness (QED) is 0.600. The number of thioether (sulfide) groups is 1. The Morgan fingerprint density at radius 2 is 2.31 bits per heavy atom. The predicted molar refractivity (Wildman–Crippen MR) is 68.8 cm³/mol. The van der Waals surface area contributed by atoms with Crippen LogP contribution in [0.1, 0.15) is 26.7 Å². The van der Waals surface area contributed by atoms with Gasteiger partial charge in [0.2, 0.25) is 5.13 Å². The van der Waals surface area contributed by atoms with Crippen molar-refractivity contribution >= 4 is 28.2 Å². The molecule has 0 fully saturated rings. The highest BCUT2D eigenvalue weighted by Gasteiger charge is 2.04. The van der Waals surface area contributed by atoms with Crippen molar-refractivity contribution in [3.63, 3.8) is 0 Å². The molecule has 0 aromatic carbocycles. The maximum Gasteiger partial charge on any atom is 0.206 e. The van der Waals surface area contributed by atoms with E-state index in [2.05, 4.69) is 35.4 Å². The van der Waals surface area contributed by atoms with E-state index in [1.165, 1.54) is 0 Å². The molecule has 6 heteroatoms. The first-order valence-electron chi connectivity index (χ1n) is 5.29. The summed E-state index contributed by atoms with van der Waals surface area (Å²) >= 11 is 3.25. The average Bonchev–Trinajstić information content (AvgIpc) is 2.70. The second-order valence-electron chi connectivity index (χ2n) is 3.76. The molecule has 0 atom stereocenters. The van der Waals surface area contributed by atoms with E-state index in [1.807, 2.05) is 0 Å². The number of unbranched alkanes of at least 4 members (excludes halogenated alkanes) is 1. The Labute approximate surface area is 104 Å². The number of rotatable bonds is 7. The first-order valence-corrected chi connectivity index (χ1v) is 7.09. The molecule has 1 aromatic rings. The molecule has 1 aromatic heterocycles. The second-order valence-corrected chi connectivity index (χ2v) is 6.08. The summed E-state index contributed by atoms with van der Waals surface area (Å²) in [5.41, 5.74) is 0. The van der Waals surface area contributed by atoms with Gasteiger partial charge in [0.15, 0.2) is 4.34 Å². The number of hydrogen-bond donors (Lipinski definition) is 1. The minimum Gasteiger partial charge on any atom is -0.360 e. The van der Waals surface area contributed by atoms with Crippen LogP contribution in [0.5, 0.6) is 0 Å². The Hall–Kier alpha value is -0.800. The summed E-state index contributed by atoms with van der Waals surface area (Å²) in [6.07, 6.45) is 1.53. The molecule has 0 radical (unpaired) electrons. The maximum atomic E-state index is 8.39. The van der Waals surface area contributed by atoms with Crippen LogP contribution in [0.3, 0.4) is 0 Å². The lowest BCUT2D eigenvalue weighted by atomic mass is 10.2. The van der Waals surface area contributed by atoms with Gasteiger partial charge in [-0.25, -0.2) is 0 Å². The summed E-state index contributed by atoms with van der Waals surface area (Å²) in [5, 5.41) is 20.7. The third kappa shape index (κ3) is 5.33. The highest BCUT2D eigenvalue weighted by Crippen LogP contribution is 2.26. The van der Waals surface area contributed by atoms with Gasteiger partial charge in [0, 0.05) is 18.7 Å². The van der Waals surface area contributed by atoms with Crippen LogP contribution in [-0.4, -0.2) is 22.5 Å². The van der Waals surface area contributed by atoms with Crippen molar-refractivity contribution in [2.45, 2.75) is 31.0 Å². The monoisotopic (exact) mass is 256 g/mol. The third-order valence-corrected chi connectivity index (χ3v) is 3.83. The fourth-order valence-corrected chi connectivity index (χ4v) is 2.71. The van der Waals surface area contributed by atoms with Crippen molar-refractivity contribution in [3.05, 3.63) is 0 Å². The molecule has 0 bridgehead atoms. The average molecular weight is 256 g/mol. The van der Waals surface area contributed by atoms with Gasteiger partial charge < -0.3 is 5.32 Å². The SMILES string of the molecule is CC(C)CNc1nnc(SCCCC#N)s1. The minimum atomic E-state index is 0.607. The molecule has 88 valence electrons. The number of nitrogens with one attached hydrogen (secondary N) is 1. The Balaban J connectivity index is 2.26. The van der Waals surface area contributed by atoms with Gasteiger partial charge in [-0.1, -0.05) is 36.9 Å². The van der Waals surface area contributed by atoms with Crippen molar-refractivity contribution in [1.82, 2.24) is 10.2 Å². The number of hydrogen-bond acceptors (Lipinski definition) is 6. The standard InChI is InChI=1S/C10H16N4S2/c1-8(2)7-12-9-13-14-10(16-9)15-6-4-3-5-11/h8H,3-4,6-7H2,1-2H3,(H,12,13). The van der Waals surface area contributed by atoms with Gasteiger partial charge in [0.25, 0.3) is 0 Å². The van der Waals surface area contributed by atoms with E-state index in [0.717, 1.165) is 28.2 Å². The fraction of sp³-hybridized carbons (Fsp3) is 0.700. The predicted octanol–water partition coefficient (Wildman–Crippen LogP) is 3.00. The lowest BCUT2D eigenvalue weighted by molar-refractivity contribution is 0.687. The lowest BCUT2D eigenvalue weighted by Gasteiger charge is -2.03. The molecular formula is C10H16N4S2. The summed E-state index contributed by atoms with van der Waals surface area (Å²) < 4.78 is 0.976. The first-order chi connectivity index (χ1) is 7.72. The highest BCUT2D eigenvalue weighted by molar-refractivity contribution is 8.01. The van der Waals surface area contributed by atoms with Crippen molar-refractivity contribution in [2.24, 2.45) is 5.92 Å². The number of anilines is 1. The third-order valence-electron chi connectivity index (χ3n) is 1.73. The van der Waals surface area contributed by atoms with E-state index in [0.29, 0.717) is 12.3 Å². The van der Waals surface area contributed by atoms with Crippen LogP contribution >= 0.6 is 23.1 Å². The second kappa shape index (κ2) is 7.47. The first kappa shape index (κ1) is 13.3. The molecule has 1 N–H and O–H groups in total. The van der Waals surface area contributed by atoms with Crippen LogP contribution in [0.15, 0.2) is 4.34 Å². The van der Waals surface area contributed by atoms with Gasteiger partial charge in [-0.2, -0.15) is 5.26 Å². The van der Waals surface area contributed by atoms with Gasteiger partial charge in [0.05, 0.1) is 6.07 Å². The van der Waals surface area contributed by atoms with Crippen LogP contribution in [0.25, 0.3) is 0 Å². The summed E-state index contributed by atoms with van der Waals surface area (Å²) in [7, 11) is 0. The van der Waals surface area contributed by atoms with Crippen molar-refractivity contribution in [1.29, 1.82) is 5.26 Å². The molecule has 16 heavy (non-hydrogen) atoms. The zero-order chi connectivity index (χ0) is 11.8.